The zero-order chi connectivity index (χ0) is 17.1. The van der Waals surface area contributed by atoms with E-state index in [-0.39, 0.29) is 24.5 Å². The summed E-state index contributed by atoms with van der Waals surface area (Å²) in [4.78, 5) is 23.2. The second-order valence-corrected chi connectivity index (χ2v) is 6.11. The van der Waals surface area contributed by atoms with Gasteiger partial charge in [0.2, 0.25) is 11.8 Å². The molecule has 1 amide bonds. The van der Waals surface area contributed by atoms with Crippen LogP contribution < -0.4 is 0 Å². The number of carbonyl (C=O) groups is 1. The maximum absolute atomic E-state index is 12.8. The minimum atomic E-state index is -0.238. The summed E-state index contributed by atoms with van der Waals surface area (Å²) in [6, 6.07) is 3.98. The summed E-state index contributed by atoms with van der Waals surface area (Å²) >= 11 is 0. The van der Waals surface area contributed by atoms with E-state index in [1.165, 1.54) is 5.56 Å². The van der Waals surface area contributed by atoms with Crippen molar-refractivity contribution in [3.8, 4) is 0 Å². The molecule has 2 atom stereocenters. The zero-order valence-corrected chi connectivity index (χ0v) is 14.2. The molecule has 0 bridgehead atoms. The summed E-state index contributed by atoms with van der Waals surface area (Å²) in [5, 5.41) is 3.89. The number of aromatic nitrogens is 3. The van der Waals surface area contributed by atoms with Crippen LogP contribution >= 0.6 is 0 Å². The Labute approximate surface area is 141 Å². The molecule has 0 fully saturated rings. The predicted octanol–water partition coefficient (Wildman–Crippen LogP) is 2.25. The Morgan fingerprint density at radius 3 is 3.17 bits per heavy atom. The third-order valence-electron chi connectivity index (χ3n) is 4.44. The van der Waals surface area contributed by atoms with Gasteiger partial charge in [-0.15, -0.1) is 0 Å². The molecule has 2 aromatic rings. The first-order valence-electron chi connectivity index (χ1n) is 8.14. The highest BCUT2D eigenvalue weighted by Crippen LogP contribution is 2.31. The maximum Gasteiger partial charge on any atom is 0.246 e. The van der Waals surface area contributed by atoms with Crippen molar-refractivity contribution < 1.29 is 14.1 Å². The Morgan fingerprint density at radius 1 is 1.54 bits per heavy atom. The molecular formula is C17H22N4O3. The monoisotopic (exact) mass is 330 g/mol. The van der Waals surface area contributed by atoms with Gasteiger partial charge >= 0.3 is 0 Å². The number of likely N-dealkylation sites (N-methyl/N-ethyl adjacent to an activating group) is 1. The highest BCUT2D eigenvalue weighted by Gasteiger charge is 2.30. The van der Waals surface area contributed by atoms with Gasteiger partial charge in [-0.2, -0.15) is 4.98 Å². The summed E-state index contributed by atoms with van der Waals surface area (Å²) in [5.41, 5.74) is 2.07. The maximum atomic E-state index is 12.8. The van der Waals surface area contributed by atoms with Crippen LogP contribution in [0.3, 0.4) is 0 Å². The Morgan fingerprint density at radius 2 is 2.38 bits per heavy atom. The van der Waals surface area contributed by atoms with Gasteiger partial charge in [0.05, 0.1) is 18.2 Å². The van der Waals surface area contributed by atoms with Gasteiger partial charge in [0.1, 0.15) is 6.10 Å². The molecule has 3 rings (SSSR count). The van der Waals surface area contributed by atoms with Gasteiger partial charge in [-0.1, -0.05) is 11.2 Å². The van der Waals surface area contributed by atoms with E-state index in [0.717, 1.165) is 25.0 Å². The fraction of sp³-hybridized carbons (Fsp3) is 0.529. The Hall–Kier alpha value is -2.28. The number of ether oxygens (including phenoxy) is 1. The van der Waals surface area contributed by atoms with Crippen molar-refractivity contribution in [1.82, 2.24) is 20.0 Å². The van der Waals surface area contributed by atoms with Crippen LogP contribution in [0.25, 0.3) is 0 Å². The van der Waals surface area contributed by atoms with E-state index < -0.39 is 0 Å². The van der Waals surface area contributed by atoms with Crippen LogP contribution in [-0.4, -0.2) is 40.1 Å². The second-order valence-electron chi connectivity index (χ2n) is 6.11. The molecule has 0 saturated heterocycles. The van der Waals surface area contributed by atoms with Gasteiger partial charge in [-0.3, -0.25) is 9.78 Å². The van der Waals surface area contributed by atoms with Gasteiger partial charge in [0.25, 0.3) is 0 Å². The van der Waals surface area contributed by atoms with Crippen molar-refractivity contribution in [2.45, 2.75) is 44.8 Å². The number of rotatable bonds is 5. The highest BCUT2D eigenvalue weighted by molar-refractivity contribution is 5.83. The van der Waals surface area contributed by atoms with Gasteiger partial charge in [-0.05, 0) is 37.8 Å². The van der Waals surface area contributed by atoms with E-state index in [0.29, 0.717) is 11.7 Å². The number of pyridine rings is 1. The average molecular weight is 330 g/mol. The lowest BCUT2D eigenvalue weighted by Gasteiger charge is -2.27. The first-order chi connectivity index (χ1) is 11.6. The highest BCUT2D eigenvalue weighted by atomic mass is 16.5. The smallest absolute Gasteiger partial charge is 0.246 e. The van der Waals surface area contributed by atoms with Crippen molar-refractivity contribution in [3.63, 3.8) is 0 Å². The summed E-state index contributed by atoms with van der Waals surface area (Å²) in [6.07, 6.45) is 4.32. The van der Waals surface area contributed by atoms with Gasteiger partial charge < -0.3 is 14.2 Å². The number of fused-ring (bicyclic) bond motifs is 1. The molecule has 2 heterocycles. The van der Waals surface area contributed by atoms with Crippen molar-refractivity contribution in [2.24, 2.45) is 0 Å². The molecule has 2 unspecified atom stereocenters. The molecule has 0 aliphatic heterocycles. The van der Waals surface area contributed by atoms with Crippen molar-refractivity contribution in [3.05, 3.63) is 41.3 Å². The van der Waals surface area contributed by atoms with E-state index in [1.54, 1.807) is 25.3 Å². The molecular weight excluding hydrogens is 308 g/mol. The van der Waals surface area contributed by atoms with Gasteiger partial charge in [-0.25, -0.2) is 0 Å². The summed E-state index contributed by atoms with van der Waals surface area (Å²) in [6.45, 7) is 2.12. The van der Waals surface area contributed by atoms with Crippen LogP contribution in [0, 0.1) is 0 Å². The lowest BCUT2D eigenvalue weighted by atomic mass is 9.86. The lowest BCUT2D eigenvalue weighted by molar-refractivity contribution is -0.132. The lowest BCUT2D eigenvalue weighted by Crippen LogP contribution is -2.33. The van der Waals surface area contributed by atoms with E-state index >= 15 is 0 Å². The molecule has 0 N–H and O–H groups in total. The molecule has 7 nitrogen and oxygen atoms in total. The third-order valence-corrected chi connectivity index (χ3v) is 4.44. The van der Waals surface area contributed by atoms with Crippen LogP contribution in [0.5, 0.6) is 0 Å². The number of carbonyl (C=O) groups excluding carboxylic acids is 1. The zero-order valence-electron chi connectivity index (χ0n) is 14.2. The van der Waals surface area contributed by atoms with Crippen LogP contribution in [-0.2, 0) is 22.5 Å². The van der Waals surface area contributed by atoms with Crippen molar-refractivity contribution in [2.75, 3.05) is 14.2 Å². The van der Waals surface area contributed by atoms with Crippen molar-refractivity contribution >= 4 is 5.91 Å². The SMILES string of the molecule is COC(C)c1noc(CN(C)C(=O)C2CCCc3cccnc32)n1. The molecule has 0 spiro atoms. The van der Waals surface area contributed by atoms with Crippen LogP contribution in [0.2, 0.25) is 0 Å². The van der Waals surface area contributed by atoms with Crippen LogP contribution in [0.1, 0.15) is 54.8 Å². The van der Waals surface area contributed by atoms with Gasteiger partial charge in [0.15, 0.2) is 5.82 Å². The normalized spacial score (nSPS) is 18.0. The fourth-order valence-electron chi connectivity index (χ4n) is 3.00. The Kier molecular flexibility index (Phi) is 4.89. The fourth-order valence-corrected chi connectivity index (χ4v) is 3.00. The molecule has 0 saturated carbocycles. The van der Waals surface area contributed by atoms with Crippen LogP contribution in [0.4, 0.5) is 0 Å². The molecule has 1 aliphatic carbocycles. The summed E-state index contributed by atoms with van der Waals surface area (Å²) in [7, 11) is 3.34. The van der Waals surface area contributed by atoms with E-state index in [4.69, 9.17) is 9.26 Å². The molecule has 128 valence electrons. The minimum absolute atomic E-state index is 0.0363. The molecule has 2 aromatic heterocycles. The number of methoxy groups -OCH3 is 1. The number of amides is 1. The number of hydrogen-bond donors (Lipinski definition) is 0. The predicted molar refractivity (Wildman–Crippen MR) is 86.1 cm³/mol. The Bertz CT molecular complexity index is 715. The topological polar surface area (TPSA) is 81.4 Å². The van der Waals surface area contributed by atoms with Crippen LogP contribution in [0.15, 0.2) is 22.9 Å². The first-order valence-corrected chi connectivity index (χ1v) is 8.14. The minimum Gasteiger partial charge on any atom is -0.374 e. The quantitative estimate of drug-likeness (QED) is 0.836. The van der Waals surface area contributed by atoms with E-state index in [1.807, 2.05) is 13.0 Å². The number of hydrogen-bond acceptors (Lipinski definition) is 6. The number of aryl methyl sites for hydroxylation is 1. The van der Waals surface area contributed by atoms with Crippen molar-refractivity contribution in [1.29, 1.82) is 0 Å². The summed E-state index contributed by atoms with van der Waals surface area (Å²) in [5.74, 6) is 0.731. The molecule has 24 heavy (non-hydrogen) atoms. The molecule has 0 aromatic carbocycles. The first kappa shape index (κ1) is 16.6. The average Bonchev–Trinajstić information content (AvgIpc) is 3.08. The Balaban J connectivity index is 1.70. The standard InChI is InChI=1S/C17H22N4O3/c1-11(23-3)16-19-14(24-20-16)10-21(2)17(22)13-8-4-6-12-7-5-9-18-15(12)13/h5,7,9,11,13H,4,6,8,10H2,1-3H3. The summed E-state index contributed by atoms with van der Waals surface area (Å²) < 4.78 is 10.4. The van der Waals surface area contributed by atoms with Gasteiger partial charge in [0, 0.05) is 20.4 Å². The van der Waals surface area contributed by atoms with E-state index in [9.17, 15) is 4.79 Å². The second kappa shape index (κ2) is 7.09. The molecule has 0 radical (unpaired) electrons. The molecule has 1 aliphatic rings. The third kappa shape index (κ3) is 3.31. The largest absolute Gasteiger partial charge is 0.374 e. The molecule has 7 heteroatoms. The number of nitrogens with zero attached hydrogens (tertiary/aromatic N) is 4. The van der Waals surface area contributed by atoms with E-state index in [2.05, 4.69) is 21.2 Å².